The lowest BCUT2D eigenvalue weighted by atomic mass is 10.0. The second kappa shape index (κ2) is 14.6. The lowest BCUT2D eigenvalue weighted by molar-refractivity contribution is -0.149. The topological polar surface area (TPSA) is 114 Å². The van der Waals surface area contributed by atoms with Crippen LogP contribution in [0.15, 0.2) is 60.7 Å². The van der Waals surface area contributed by atoms with E-state index in [9.17, 15) is 14.4 Å². The fraction of sp³-hybridized carbons (Fsp3) is 0.486. The number of hydrogen-bond donors (Lipinski definition) is 1. The van der Waals surface area contributed by atoms with E-state index in [1.165, 1.54) is 7.11 Å². The Morgan fingerprint density at radius 3 is 2.00 bits per heavy atom. The first-order valence-corrected chi connectivity index (χ1v) is 16.8. The van der Waals surface area contributed by atoms with Gasteiger partial charge < -0.3 is 24.6 Å². The fourth-order valence-corrected chi connectivity index (χ4v) is 7.53. The zero-order valence-corrected chi connectivity index (χ0v) is 27.6. The minimum absolute atomic E-state index is 0.00342. The van der Waals surface area contributed by atoms with E-state index in [1.807, 2.05) is 41.3 Å². The average molecular weight is 640 g/mol. The third-order valence-electron chi connectivity index (χ3n) is 10.0. The van der Waals surface area contributed by atoms with E-state index in [1.54, 1.807) is 26.0 Å². The molecule has 10 heteroatoms. The summed E-state index contributed by atoms with van der Waals surface area (Å²) in [5, 5.41) is 3.37. The number of ether oxygens (including phenoxy) is 2. The molecule has 1 N–H and O–H groups in total. The molecule has 10 nitrogen and oxygen atoms in total. The van der Waals surface area contributed by atoms with Crippen LogP contribution >= 0.6 is 0 Å². The summed E-state index contributed by atoms with van der Waals surface area (Å²) in [6.07, 6.45) is 4.10. The highest BCUT2D eigenvalue weighted by molar-refractivity contribution is 5.96. The first-order chi connectivity index (χ1) is 22.8. The Balaban J connectivity index is 1.05. The van der Waals surface area contributed by atoms with Gasteiger partial charge in [-0.1, -0.05) is 73.5 Å². The van der Waals surface area contributed by atoms with Gasteiger partial charge in [0.25, 0.3) is 5.91 Å². The molecule has 2 aliphatic heterocycles. The molecular weight excluding hydrogens is 594 g/mol. The highest BCUT2D eigenvalue weighted by Crippen LogP contribution is 2.34. The lowest BCUT2D eigenvalue weighted by Gasteiger charge is -2.26. The fourth-order valence-electron chi connectivity index (χ4n) is 7.53. The molecule has 47 heavy (non-hydrogen) atoms. The molecule has 0 bridgehead atoms. The maximum absolute atomic E-state index is 13.8. The van der Waals surface area contributed by atoms with Crippen molar-refractivity contribution in [2.24, 2.45) is 17.8 Å². The number of hydrogen-bond acceptors (Lipinski definition) is 8. The van der Waals surface area contributed by atoms with E-state index in [4.69, 9.17) is 9.47 Å². The summed E-state index contributed by atoms with van der Waals surface area (Å²) in [7, 11) is 1.31. The number of carbonyl (C=O) groups excluding carboxylic acids is 3. The van der Waals surface area contributed by atoms with Crippen LogP contribution in [0.4, 0.5) is 0 Å². The Kier molecular flexibility index (Phi) is 10.2. The van der Waals surface area contributed by atoms with Crippen molar-refractivity contribution in [2.45, 2.75) is 58.1 Å². The number of benzene rings is 2. The van der Waals surface area contributed by atoms with Crippen molar-refractivity contribution < 1.29 is 23.9 Å². The summed E-state index contributed by atoms with van der Waals surface area (Å²) >= 11 is 0. The van der Waals surface area contributed by atoms with Gasteiger partial charge in [0, 0.05) is 44.2 Å². The molecule has 3 heterocycles. The van der Waals surface area contributed by atoms with Gasteiger partial charge in [0.15, 0.2) is 0 Å². The zero-order chi connectivity index (χ0) is 32.9. The van der Waals surface area contributed by atoms with Gasteiger partial charge in [-0.15, -0.1) is 0 Å². The Hall–Kier alpha value is -4.31. The second-order valence-electron chi connectivity index (χ2n) is 13.2. The van der Waals surface area contributed by atoms with E-state index in [-0.39, 0.29) is 29.8 Å². The van der Waals surface area contributed by atoms with Crippen LogP contribution in [0.3, 0.4) is 0 Å². The summed E-state index contributed by atoms with van der Waals surface area (Å²) in [5.41, 5.74) is 3.28. The molecule has 1 aromatic heterocycles. The number of carbonyl (C=O) groups is 3. The van der Waals surface area contributed by atoms with Gasteiger partial charge in [-0.3, -0.25) is 9.59 Å². The van der Waals surface area contributed by atoms with E-state index in [0.29, 0.717) is 47.4 Å². The van der Waals surface area contributed by atoms with Gasteiger partial charge in [-0.2, -0.15) is 9.97 Å². The monoisotopic (exact) mass is 639 g/mol. The predicted octanol–water partition coefficient (Wildman–Crippen LogP) is 4.83. The molecule has 4 atom stereocenters. The molecular formula is C37H45N5O5. The molecule has 2 amide bonds. The van der Waals surface area contributed by atoms with E-state index >= 15 is 0 Å². The van der Waals surface area contributed by atoms with Crippen LogP contribution in [0.25, 0.3) is 0 Å². The summed E-state index contributed by atoms with van der Waals surface area (Å²) in [4.78, 5) is 52.7. The van der Waals surface area contributed by atoms with Crippen molar-refractivity contribution in [1.29, 1.82) is 0 Å². The van der Waals surface area contributed by atoms with Crippen LogP contribution in [0.1, 0.15) is 77.1 Å². The van der Waals surface area contributed by atoms with Crippen molar-refractivity contribution in [1.82, 2.24) is 25.1 Å². The smallest absolute Gasteiger partial charge is 0.351 e. The molecule has 3 aliphatic rings. The first-order valence-electron chi connectivity index (χ1n) is 16.8. The van der Waals surface area contributed by atoms with Gasteiger partial charge in [0.05, 0.1) is 30.1 Å². The van der Waals surface area contributed by atoms with E-state index in [0.717, 1.165) is 57.3 Å². The van der Waals surface area contributed by atoms with Gasteiger partial charge >= 0.3 is 12.0 Å². The third-order valence-corrected chi connectivity index (χ3v) is 10.0. The maximum atomic E-state index is 13.8. The molecule has 0 radical (unpaired) electrons. The lowest BCUT2D eigenvalue weighted by Crippen LogP contribution is -2.37. The van der Waals surface area contributed by atoms with Crippen molar-refractivity contribution in [3.05, 3.63) is 88.7 Å². The number of aryl methyl sites for hydroxylation is 2. The highest BCUT2D eigenvalue weighted by atomic mass is 16.6. The van der Waals surface area contributed by atoms with Crippen molar-refractivity contribution in [3.63, 3.8) is 0 Å². The van der Waals surface area contributed by atoms with Crippen LogP contribution in [-0.4, -0.2) is 77.4 Å². The van der Waals surface area contributed by atoms with Gasteiger partial charge in [-0.25, -0.2) is 4.79 Å². The number of fused-ring (bicyclic) bond motifs is 1. The highest BCUT2D eigenvalue weighted by Gasteiger charge is 2.42. The van der Waals surface area contributed by atoms with Crippen molar-refractivity contribution >= 4 is 17.8 Å². The second-order valence-corrected chi connectivity index (χ2v) is 13.2. The number of likely N-dealkylation sites (tertiary alicyclic amines) is 2. The van der Waals surface area contributed by atoms with Gasteiger partial charge in [-0.05, 0) is 50.5 Å². The van der Waals surface area contributed by atoms with E-state index in [2.05, 4.69) is 32.3 Å². The van der Waals surface area contributed by atoms with Crippen LogP contribution in [0, 0.1) is 31.6 Å². The predicted molar refractivity (Wildman–Crippen MR) is 177 cm³/mol. The molecule has 2 unspecified atom stereocenters. The minimum atomic E-state index is -1.02. The summed E-state index contributed by atoms with van der Waals surface area (Å²) in [6, 6.07) is 19.4. The van der Waals surface area contributed by atoms with Crippen LogP contribution in [0.2, 0.25) is 0 Å². The SMILES string of the molecule is COC(=O)[C@@H](Oc1nc(C)c(C(=O)N2CC3CN(CC[C@H](NC(=O)C4CCCC4)c4ccccc4)CC3C2)c(C)n1)c1ccccc1. The maximum Gasteiger partial charge on any atom is 0.351 e. The van der Waals surface area contributed by atoms with E-state index < -0.39 is 12.1 Å². The first kappa shape index (κ1) is 32.6. The quantitative estimate of drug-likeness (QED) is 0.297. The molecule has 0 spiro atoms. The van der Waals surface area contributed by atoms with Crippen LogP contribution in [0.5, 0.6) is 6.01 Å². The zero-order valence-electron chi connectivity index (χ0n) is 27.6. The third kappa shape index (κ3) is 7.48. The molecule has 3 aromatic rings. The molecule has 1 saturated carbocycles. The Labute approximate surface area is 276 Å². The standard InChI is InChI=1S/C37H45N5O5/c1-24-32(25(2)39-37(38-24)47-33(36(45)46-3)27-14-8-5-9-15-27)35(44)42-22-29-20-41(21-30(29)23-42)19-18-31(26-12-6-4-7-13-26)40-34(43)28-16-10-11-17-28/h4-9,12-15,28-31,33H,10-11,16-23H2,1-3H3,(H,40,43)/t29?,30?,31-,33-/m0/s1. The number of nitrogens with one attached hydrogen (secondary N) is 1. The van der Waals surface area contributed by atoms with Crippen molar-refractivity contribution in [2.75, 3.05) is 39.8 Å². The van der Waals surface area contributed by atoms with Gasteiger partial charge in [0.1, 0.15) is 0 Å². The number of rotatable bonds is 11. The molecule has 2 aromatic carbocycles. The van der Waals surface area contributed by atoms with Crippen LogP contribution < -0.4 is 10.1 Å². The molecule has 3 fully saturated rings. The molecule has 2 saturated heterocycles. The Morgan fingerprint density at radius 2 is 1.43 bits per heavy atom. The Bertz CT molecular complexity index is 1520. The number of amides is 2. The van der Waals surface area contributed by atoms with Gasteiger partial charge in [0.2, 0.25) is 12.0 Å². The summed E-state index contributed by atoms with van der Waals surface area (Å²) < 4.78 is 10.9. The largest absolute Gasteiger partial charge is 0.466 e. The number of nitrogens with zero attached hydrogens (tertiary/aromatic N) is 4. The summed E-state index contributed by atoms with van der Waals surface area (Å²) in [6.45, 7) is 7.69. The van der Waals surface area contributed by atoms with Crippen LogP contribution in [-0.2, 0) is 14.3 Å². The number of esters is 1. The number of methoxy groups -OCH3 is 1. The number of aromatic nitrogens is 2. The normalized spacial score (nSPS) is 20.9. The average Bonchev–Trinajstić information content (AvgIpc) is 3.84. The molecule has 1 aliphatic carbocycles. The Morgan fingerprint density at radius 1 is 0.851 bits per heavy atom. The minimum Gasteiger partial charge on any atom is -0.466 e. The molecule has 6 rings (SSSR count). The summed E-state index contributed by atoms with van der Waals surface area (Å²) in [5.74, 6) is 0.507. The van der Waals surface area contributed by atoms with Crippen molar-refractivity contribution in [3.8, 4) is 6.01 Å². The molecule has 248 valence electrons.